The second-order valence-electron chi connectivity index (χ2n) is 8.26. The van der Waals surface area contributed by atoms with Gasteiger partial charge in [0.1, 0.15) is 0 Å². The average Bonchev–Trinajstić information content (AvgIpc) is 3.23. The number of ether oxygens (including phenoxy) is 1. The molecule has 1 amide bonds. The van der Waals surface area contributed by atoms with Crippen LogP contribution in [0.4, 0.5) is 5.69 Å². The summed E-state index contributed by atoms with van der Waals surface area (Å²) < 4.78 is 10.7. The highest BCUT2D eigenvalue weighted by Crippen LogP contribution is 2.27. The smallest absolute Gasteiger partial charge is 0.339 e. The van der Waals surface area contributed by atoms with E-state index in [1.165, 1.54) is 4.90 Å². The lowest BCUT2D eigenvalue weighted by Gasteiger charge is -2.18. The first-order valence-corrected chi connectivity index (χ1v) is 10.8. The number of aromatic nitrogens is 2. The molecule has 4 rings (SSSR count). The summed E-state index contributed by atoms with van der Waals surface area (Å²) in [5.74, 6) is -0.936. The van der Waals surface area contributed by atoms with Crippen LogP contribution in [0.15, 0.2) is 65.2 Å². The van der Waals surface area contributed by atoms with Crippen molar-refractivity contribution in [2.45, 2.75) is 13.5 Å². The number of carbonyl (C=O) groups excluding carboxylic acids is 2. The number of likely N-dealkylation sites (N-methyl/N-ethyl adjacent to an activating group) is 1. The Morgan fingerprint density at radius 3 is 2.38 bits per heavy atom. The standard InChI is InChI=1S/C26H26N4O4/c1-17-24-21(14-22(27-25(24)34-28-17)19-8-6-5-7-9-19)26(32)33-16-23(31)30(4)15-18-10-12-20(13-11-18)29(2)3/h5-14H,15-16H2,1-4H3. The highest BCUT2D eigenvalue weighted by molar-refractivity contribution is 6.04. The Balaban J connectivity index is 1.47. The van der Waals surface area contributed by atoms with Crippen LogP contribution >= 0.6 is 0 Å². The van der Waals surface area contributed by atoms with Crippen molar-refractivity contribution in [3.63, 3.8) is 0 Å². The molecule has 4 aromatic rings. The molecule has 0 atom stereocenters. The van der Waals surface area contributed by atoms with Crippen molar-refractivity contribution in [2.75, 3.05) is 32.6 Å². The summed E-state index contributed by atoms with van der Waals surface area (Å²) in [5, 5.41) is 4.42. The molecular weight excluding hydrogens is 432 g/mol. The Bertz CT molecular complexity index is 1310. The minimum Gasteiger partial charge on any atom is -0.452 e. The SMILES string of the molecule is Cc1noc2nc(-c3ccccc3)cc(C(=O)OCC(=O)N(C)Cc3ccc(N(C)C)cc3)c12. The van der Waals surface area contributed by atoms with Crippen LogP contribution in [0.5, 0.6) is 0 Å². The van der Waals surface area contributed by atoms with Crippen LogP contribution in [0.1, 0.15) is 21.6 Å². The molecular formula is C26H26N4O4. The first-order chi connectivity index (χ1) is 16.3. The van der Waals surface area contributed by atoms with Gasteiger partial charge in [-0.05, 0) is 30.7 Å². The summed E-state index contributed by atoms with van der Waals surface area (Å²) in [6.07, 6.45) is 0. The number of anilines is 1. The Morgan fingerprint density at radius 1 is 1.00 bits per heavy atom. The zero-order valence-electron chi connectivity index (χ0n) is 19.6. The number of aryl methyl sites for hydroxylation is 1. The van der Waals surface area contributed by atoms with Gasteiger partial charge in [0, 0.05) is 38.9 Å². The van der Waals surface area contributed by atoms with Crippen molar-refractivity contribution >= 4 is 28.7 Å². The fraction of sp³-hybridized carbons (Fsp3) is 0.231. The van der Waals surface area contributed by atoms with Gasteiger partial charge in [0.2, 0.25) is 0 Å². The van der Waals surface area contributed by atoms with E-state index >= 15 is 0 Å². The van der Waals surface area contributed by atoms with Gasteiger partial charge < -0.3 is 19.1 Å². The van der Waals surface area contributed by atoms with Crippen molar-refractivity contribution in [1.29, 1.82) is 0 Å². The van der Waals surface area contributed by atoms with E-state index < -0.39 is 5.97 Å². The maximum atomic E-state index is 13.0. The molecule has 0 N–H and O–H groups in total. The molecule has 0 radical (unpaired) electrons. The molecule has 34 heavy (non-hydrogen) atoms. The van der Waals surface area contributed by atoms with E-state index in [1.807, 2.05) is 73.6 Å². The average molecular weight is 459 g/mol. The number of amides is 1. The van der Waals surface area contributed by atoms with Crippen LogP contribution in [0.2, 0.25) is 0 Å². The first-order valence-electron chi connectivity index (χ1n) is 10.8. The van der Waals surface area contributed by atoms with Crippen LogP contribution in [0, 0.1) is 6.92 Å². The summed E-state index contributed by atoms with van der Waals surface area (Å²) in [6.45, 7) is 1.76. The van der Waals surface area contributed by atoms with E-state index in [1.54, 1.807) is 20.0 Å². The number of hydrogen-bond acceptors (Lipinski definition) is 7. The van der Waals surface area contributed by atoms with Crippen LogP contribution in [0.25, 0.3) is 22.4 Å². The summed E-state index contributed by atoms with van der Waals surface area (Å²) in [6, 6.07) is 19.0. The third-order valence-electron chi connectivity index (χ3n) is 5.53. The second-order valence-corrected chi connectivity index (χ2v) is 8.26. The summed E-state index contributed by atoms with van der Waals surface area (Å²) in [7, 11) is 5.62. The minimum absolute atomic E-state index is 0.246. The molecule has 0 spiro atoms. The van der Waals surface area contributed by atoms with Crippen molar-refractivity contribution < 1.29 is 18.8 Å². The molecule has 2 aromatic heterocycles. The molecule has 0 saturated carbocycles. The maximum Gasteiger partial charge on any atom is 0.339 e. The number of benzene rings is 2. The predicted molar refractivity (Wildman–Crippen MR) is 130 cm³/mol. The zero-order valence-corrected chi connectivity index (χ0v) is 19.6. The van der Waals surface area contributed by atoms with Gasteiger partial charge in [-0.3, -0.25) is 4.79 Å². The molecule has 8 nitrogen and oxygen atoms in total. The summed E-state index contributed by atoms with van der Waals surface area (Å²) in [4.78, 5) is 33.6. The number of carbonyl (C=O) groups is 2. The van der Waals surface area contributed by atoms with Crippen LogP contribution in [0.3, 0.4) is 0 Å². The van der Waals surface area contributed by atoms with Gasteiger partial charge in [0.25, 0.3) is 11.6 Å². The number of nitrogens with zero attached hydrogens (tertiary/aromatic N) is 4. The van der Waals surface area contributed by atoms with E-state index in [2.05, 4.69) is 10.1 Å². The highest BCUT2D eigenvalue weighted by atomic mass is 16.5. The third kappa shape index (κ3) is 4.91. The Morgan fingerprint density at radius 2 is 1.71 bits per heavy atom. The van der Waals surface area contributed by atoms with Gasteiger partial charge in [-0.25, -0.2) is 9.78 Å². The number of fused-ring (bicyclic) bond motifs is 1. The molecule has 0 aliphatic heterocycles. The largest absolute Gasteiger partial charge is 0.452 e. The van der Waals surface area contributed by atoms with Gasteiger partial charge in [-0.15, -0.1) is 0 Å². The van der Waals surface area contributed by atoms with E-state index in [0.717, 1.165) is 16.8 Å². The molecule has 174 valence electrons. The number of esters is 1. The van der Waals surface area contributed by atoms with Crippen molar-refractivity contribution in [1.82, 2.24) is 15.0 Å². The Kier molecular flexibility index (Phi) is 6.58. The van der Waals surface area contributed by atoms with Gasteiger partial charge in [0.15, 0.2) is 6.61 Å². The maximum absolute atomic E-state index is 13.0. The van der Waals surface area contributed by atoms with E-state index in [0.29, 0.717) is 23.3 Å². The minimum atomic E-state index is -0.632. The third-order valence-corrected chi connectivity index (χ3v) is 5.53. The van der Waals surface area contributed by atoms with E-state index in [-0.39, 0.29) is 23.8 Å². The molecule has 0 unspecified atom stereocenters. The lowest BCUT2D eigenvalue weighted by atomic mass is 10.1. The molecule has 2 heterocycles. The summed E-state index contributed by atoms with van der Waals surface area (Å²) >= 11 is 0. The molecule has 0 aliphatic rings. The van der Waals surface area contributed by atoms with Crippen LogP contribution < -0.4 is 4.90 Å². The Hall–Kier alpha value is -4.20. The van der Waals surface area contributed by atoms with Crippen molar-refractivity contribution in [3.05, 3.63) is 77.5 Å². The topological polar surface area (TPSA) is 88.8 Å². The summed E-state index contributed by atoms with van der Waals surface area (Å²) in [5.41, 5.74) is 4.47. The van der Waals surface area contributed by atoms with Gasteiger partial charge in [-0.2, -0.15) is 0 Å². The van der Waals surface area contributed by atoms with Crippen molar-refractivity contribution in [2.24, 2.45) is 0 Å². The van der Waals surface area contributed by atoms with Gasteiger partial charge >= 0.3 is 5.97 Å². The first kappa shape index (κ1) is 23.0. The quantitative estimate of drug-likeness (QED) is 0.386. The molecule has 0 fully saturated rings. The Labute approximate surface area is 197 Å². The normalized spacial score (nSPS) is 10.8. The molecule has 0 saturated heterocycles. The number of hydrogen-bond donors (Lipinski definition) is 0. The molecule has 0 bridgehead atoms. The number of pyridine rings is 1. The van der Waals surface area contributed by atoms with Crippen molar-refractivity contribution in [3.8, 4) is 11.3 Å². The molecule has 0 aliphatic carbocycles. The predicted octanol–water partition coefficient (Wildman–Crippen LogP) is 4.08. The highest BCUT2D eigenvalue weighted by Gasteiger charge is 2.22. The van der Waals surface area contributed by atoms with Crippen LogP contribution in [-0.4, -0.2) is 54.7 Å². The fourth-order valence-corrected chi connectivity index (χ4v) is 3.59. The van der Waals surface area contributed by atoms with E-state index in [9.17, 15) is 9.59 Å². The van der Waals surface area contributed by atoms with E-state index in [4.69, 9.17) is 9.26 Å². The molecule has 8 heteroatoms. The fourth-order valence-electron chi connectivity index (χ4n) is 3.59. The van der Waals surface area contributed by atoms with Crippen LogP contribution in [-0.2, 0) is 16.1 Å². The van der Waals surface area contributed by atoms with Gasteiger partial charge in [-0.1, -0.05) is 47.6 Å². The lowest BCUT2D eigenvalue weighted by molar-refractivity contribution is -0.133. The second kappa shape index (κ2) is 9.74. The number of rotatable bonds is 7. The van der Waals surface area contributed by atoms with Gasteiger partial charge in [0.05, 0.1) is 22.3 Å². The zero-order chi connectivity index (χ0) is 24.2. The lowest BCUT2D eigenvalue weighted by Crippen LogP contribution is -2.30. The monoisotopic (exact) mass is 458 g/mol. The molecule has 2 aromatic carbocycles.